The largest absolute Gasteiger partial charge is 0.414 e. The molecule has 1 aliphatic heterocycles. The minimum absolute atomic E-state index is 0.229. The van der Waals surface area contributed by atoms with Gasteiger partial charge < -0.3 is 14.4 Å². The number of aliphatic hydroxyl groups is 1. The molecule has 0 aliphatic carbocycles. The van der Waals surface area contributed by atoms with Crippen LogP contribution in [0, 0.1) is 5.92 Å². The van der Waals surface area contributed by atoms with E-state index in [0.29, 0.717) is 44.2 Å². The number of hydrogen-bond donors (Lipinski definition) is 1. The second-order valence-electron chi connectivity index (χ2n) is 5.14. The van der Waals surface area contributed by atoms with Gasteiger partial charge >= 0.3 is 6.18 Å². The maximum atomic E-state index is 12.4. The highest BCUT2D eigenvalue weighted by Crippen LogP contribution is 2.31. The minimum atomic E-state index is -4.55. The van der Waals surface area contributed by atoms with E-state index in [0.717, 1.165) is 0 Å². The first-order chi connectivity index (χ1) is 9.90. The lowest BCUT2D eigenvalue weighted by atomic mass is 9.91. The highest BCUT2D eigenvalue weighted by atomic mass is 19.4. The Hall–Kier alpha value is -1.19. The number of halogens is 3. The molecule has 1 fully saturated rings. The second-order valence-corrected chi connectivity index (χ2v) is 5.14. The Bertz CT molecular complexity index is 444. The predicted octanol–water partition coefficient (Wildman–Crippen LogP) is 1.35. The van der Waals surface area contributed by atoms with Crippen molar-refractivity contribution in [2.45, 2.75) is 38.3 Å². The Kier molecular flexibility index (Phi) is 5.17. The zero-order valence-corrected chi connectivity index (χ0v) is 11.6. The molecule has 6 nitrogen and oxygen atoms in total. The van der Waals surface area contributed by atoms with E-state index in [1.54, 1.807) is 0 Å². The van der Waals surface area contributed by atoms with Crippen LogP contribution in [0.1, 0.15) is 24.6 Å². The Morgan fingerprint density at radius 2 is 2.10 bits per heavy atom. The highest BCUT2D eigenvalue weighted by molar-refractivity contribution is 4.88. The molecule has 1 saturated heterocycles. The fraction of sp³-hybridized carbons (Fsp3) is 0.833. The van der Waals surface area contributed by atoms with Crippen LogP contribution in [0.25, 0.3) is 0 Å². The summed E-state index contributed by atoms with van der Waals surface area (Å²) < 4.78 is 47.1. The highest BCUT2D eigenvalue weighted by Gasteiger charge is 2.44. The van der Waals surface area contributed by atoms with Gasteiger partial charge in [0.15, 0.2) is 11.9 Å². The molecule has 1 unspecified atom stereocenters. The van der Waals surface area contributed by atoms with E-state index in [2.05, 4.69) is 10.1 Å². The molecule has 1 N–H and O–H groups in total. The standard InChI is InChI=1S/C12H18F3N3O3/c1-20-7-10-16-9(17-21-10)6-18-4-2-8(3-5-18)11(19)12(13,14)15/h8,11,19H,2-7H2,1H3. The zero-order valence-electron chi connectivity index (χ0n) is 11.6. The average molecular weight is 309 g/mol. The molecule has 2 rings (SSSR count). The van der Waals surface area contributed by atoms with Crippen LogP contribution in [0.15, 0.2) is 4.52 Å². The van der Waals surface area contributed by atoms with Gasteiger partial charge in [0.1, 0.15) is 6.61 Å². The van der Waals surface area contributed by atoms with Gasteiger partial charge in [-0.25, -0.2) is 0 Å². The van der Waals surface area contributed by atoms with E-state index in [1.807, 2.05) is 4.90 Å². The minimum Gasteiger partial charge on any atom is -0.383 e. The first-order valence-corrected chi connectivity index (χ1v) is 6.67. The molecule has 9 heteroatoms. The van der Waals surface area contributed by atoms with E-state index in [9.17, 15) is 18.3 Å². The Morgan fingerprint density at radius 3 is 2.67 bits per heavy atom. The van der Waals surface area contributed by atoms with Gasteiger partial charge in [0.2, 0.25) is 0 Å². The van der Waals surface area contributed by atoms with Crippen molar-refractivity contribution in [3.05, 3.63) is 11.7 Å². The number of methoxy groups -OCH3 is 1. The van der Waals surface area contributed by atoms with Crippen LogP contribution < -0.4 is 0 Å². The number of aliphatic hydroxyl groups excluding tert-OH is 1. The molecular weight excluding hydrogens is 291 g/mol. The van der Waals surface area contributed by atoms with E-state index in [4.69, 9.17) is 9.26 Å². The molecule has 1 aromatic heterocycles. The SMILES string of the molecule is COCc1nc(CN2CCC(C(O)C(F)(F)F)CC2)no1. The van der Waals surface area contributed by atoms with Crippen molar-refractivity contribution in [3.63, 3.8) is 0 Å². The van der Waals surface area contributed by atoms with Crippen LogP contribution in [0.4, 0.5) is 13.2 Å². The molecule has 21 heavy (non-hydrogen) atoms. The number of nitrogens with zero attached hydrogens (tertiary/aromatic N) is 3. The lowest BCUT2D eigenvalue weighted by Crippen LogP contribution is -2.43. The summed E-state index contributed by atoms with van der Waals surface area (Å²) in [5, 5.41) is 13.0. The maximum Gasteiger partial charge on any atom is 0.414 e. The topological polar surface area (TPSA) is 71.6 Å². The molecule has 0 amide bonds. The third-order valence-corrected chi connectivity index (χ3v) is 3.56. The number of rotatable bonds is 5. The first kappa shape index (κ1) is 16.2. The van der Waals surface area contributed by atoms with Crippen LogP contribution >= 0.6 is 0 Å². The molecule has 1 aromatic rings. The molecule has 0 spiro atoms. The van der Waals surface area contributed by atoms with Crippen molar-refractivity contribution in [1.82, 2.24) is 15.0 Å². The third-order valence-electron chi connectivity index (χ3n) is 3.56. The van der Waals surface area contributed by atoms with E-state index in [-0.39, 0.29) is 6.61 Å². The monoisotopic (exact) mass is 309 g/mol. The van der Waals surface area contributed by atoms with Crippen LogP contribution in [0.2, 0.25) is 0 Å². The number of piperidine rings is 1. The summed E-state index contributed by atoms with van der Waals surface area (Å²) in [5.41, 5.74) is 0. The van der Waals surface area contributed by atoms with Gasteiger partial charge in [-0.15, -0.1) is 0 Å². The fourth-order valence-electron chi connectivity index (χ4n) is 2.43. The summed E-state index contributed by atoms with van der Waals surface area (Å²) in [7, 11) is 1.51. The fourth-order valence-corrected chi connectivity index (χ4v) is 2.43. The Balaban J connectivity index is 1.81. The Labute approximate surface area is 119 Å². The van der Waals surface area contributed by atoms with Crippen LogP contribution in [0.5, 0.6) is 0 Å². The molecular formula is C12H18F3N3O3. The van der Waals surface area contributed by atoms with Gasteiger partial charge in [-0.05, 0) is 31.8 Å². The average Bonchev–Trinajstić information content (AvgIpc) is 2.86. The van der Waals surface area contributed by atoms with Crippen molar-refractivity contribution in [3.8, 4) is 0 Å². The molecule has 120 valence electrons. The van der Waals surface area contributed by atoms with Crippen molar-refractivity contribution in [2.24, 2.45) is 5.92 Å². The number of ether oxygens (including phenoxy) is 1. The summed E-state index contributed by atoms with van der Waals surface area (Å²) in [5.74, 6) is 0.113. The molecule has 2 heterocycles. The van der Waals surface area contributed by atoms with Gasteiger partial charge in [-0.2, -0.15) is 18.2 Å². The number of aromatic nitrogens is 2. The van der Waals surface area contributed by atoms with Crippen molar-refractivity contribution < 1.29 is 27.5 Å². The first-order valence-electron chi connectivity index (χ1n) is 6.67. The van der Waals surface area contributed by atoms with E-state index < -0.39 is 18.2 Å². The molecule has 0 aromatic carbocycles. The molecule has 1 atom stereocenters. The van der Waals surface area contributed by atoms with Gasteiger partial charge in [-0.3, -0.25) is 4.90 Å². The molecule has 0 radical (unpaired) electrons. The second kappa shape index (κ2) is 6.71. The summed E-state index contributed by atoms with van der Waals surface area (Å²) in [6.07, 6.45) is -6.19. The van der Waals surface area contributed by atoms with Crippen molar-refractivity contribution >= 4 is 0 Å². The third kappa shape index (κ3) is 4.39. The van der Waals surface area contributed by atoms with E-state index in [1.165, 1.54) is 7.11 Å². The maximum absolute atomic E-state index is 12.4. The lowest BCUT2D eigenvalue weighted by molar-refractivity contribution is -0.223. The van der Waals surface area contributed by atoms with Crippen LogP contribution in [-0.2, 0) is 17.9 Å². The smallest absolute Gasteiger partial charge is 0.383 e. The summed E-state index contributed by atoms with van der Waals surface area (Å²) >= 11 is 0. The summed E-state index contributed by atoms with van der Waals surface area (Å²) in [6, 6.07) is 0. The van der Waals surface area contributed by atoms with Crippen LogP contribution in [-0.4, -0.2) is 52.6 Å². The summed E-state index contributed by atoms with van der Waals surface area (Å²) in [6.45, 7) is 1.58. The molecule has 0 saturated carbocycles. The number of likely N-dealkylation sites (tertiary alicyclic amines) is 1. The normalized spacial score (nSPS) is 19.9. The summed E-state index contributed by atoms with van der Waals surface area (Å²) in [4.78, 5) is 6.06. The van der Waals surface area contributed by atoms with E-state index >= 15 is 0 Å². The number of hydrogen-bond acceptors (Lipinski definition) is 6. The molecule has 1 aliphatic rings. The van der Waals surface area contributed by atoms with Gasteiger partial charge in [0.25, 0.3) is 5.89 Å². The van der Waals surface area contributed by atoms with Crippen molar-refractivity contribution in [1.29, 1.82) is 0 Å². The number of alkyl halides is 3. The van der Waals surface area contributed by atoms with Crippen molar-refractivity contribution in [2.75, 3.05) is 20.2 Å². The van der Waals surface area contributed by atoms with Gasteiger partial charge in [-0.1, -0.05) is 5.16 Å². The quantitative estimate of drug-likeness (QED) is 0.885. The van der Waals surface area contributed by atoms with Crippen LogP contribution in [0.3, 0.4) is 0 Å². The lowest BCUT2D eigenvalue weighted by Gasteiger charge is -2.34. The Morgan fingerprint density at radius 1 is 1.43 bits per heavy atom. The predicted molar refractivity (Wildman–Crippen MR) is 65.1 cm³/mol. The van der Waals surface area contributed by atoms with Gasteiger partial charge in [0, 0.05) is 7.11 Å². The molecule has 0 bridgehead atoms. The zero-order chi connectivity index (χ0) is 15.5. The van der Waals surface area contributed by atoms with Gasteiger partial charge in [0.05, 0.1) is 6.54 Å².